The highest BCUT2D eigenvalue weighted by molar-refractivity contribution is 5.64. The Morgan fingerprint density at radius 2 is 2.07 bits per heavy atom. The Kier molecular flexibility index (Phi) is 3.99. The zero-order valence-corrected chi connectivity index (χ0v) is 8.62. The Bertz CT molecular complexity index is 396. The Balaban J connectivity index is 2.97. The molecule has 3 nitrogen and oxygen atoms in total. The van der Waals surface area contributed by atoms with Crippen molar-refractivity contribution < 1.29 is 0 Å². The van der Waals surface area contributed by atoms with Crippen LogP contribution in [0, 0.1) is 11.3 Å². The molecule has 0 aliphatic carbocycles. The van der Waals surface area contributed by atoms with Gasteiger partial charge < -0.3 is 10.6 Å². The monoisotopic (exact) mass is 199 g/mol. The summed E-state index contributed by atoms with van der Waals surface area (Å²) in [5.41, 5.74) is 2.57. The van der Waals surface area contributed by atoms with E-state index in [-0.39, 0.29) is 0 Å². The van der Waals surface area contributed by atoms with Crippen molar-refractivity contribution in [2.45, 2.75) is 0 Å². The van der Waals surface area contributed by atoms with Crippen LogP contribution in [0.15, 0.2) is 43.2 Å². The van der Waals surface area contributed by atoms with Crippen LogP contribution in [0.25, 0.3) is 5.70 Å². The Labute approximate surface area is 89.7 Å². The summed E-state index contributed by atoms with van der Waals surface area (Å²) in [5, 5.41) is 14.6. The summed E-state index contributed by atoms with van der Waals surface area (Å²) in [6.07, 6.45) is 3.45. The van der Waals surface area contributed by atoms with Crippen molar-refractivity contribution in [3.8, 4) is 6.07 Å². The van der Waals surface area contributed by atoms with Gasteiger partial charge in [0.15, 0.2) is 0 Å². The van der Waals surface area contributed by atoms with Gasteiger partial charge in [-0.15, -0.1) is 0 Å². The van der Waals surface area contributed by atoms with Gasteiger partial charge in [0.05, 0.1) is 17.3 Å². The van der Waals surface area contributed by atoms with Gasteiger partial charge in [0, 0.05) is 13.2 Å². The van der Waals surface area contributed by atoms with Gasteiger partial charge in [-0.2, -0.15) is 5.26 Å². The van der Waals surface area contributed by atoms with E-state index >= 15 is 0 Å². The maximum Gasteiger partial charge on any atom is 0.0991 e. The molecule has 1 aromatic rings. The van der Waals surface area contributed by atoms with Crippen LogP contribution in [0.3, 0.4) is 0 Å². The molecule has 3 heteroatoms. The lowest BCUT2D eigenvalue weighted by atomic mass is 10.1. The van der Waals surface area contributed by atoms with Crippen LogP contribution >= 0.6 is 0 Å². The molecule has 0 heterocycles. The average molecular weight is 199 g/mol. The minimum absolute atomic E-state index is 0.654. The van der Waals surface area contributed by atoms with Gasteiger partial charge in [-0.3, -0.25) is 0 Å². The van der Waals surface area contributed by atoms with Gasteiger partial charge in [-0.05, 0) is 23.9 Å². The van der Waals surface area contributed by atoms with E-state index in [9.17, 15) is 0 Å². The molecular formula is C12H13N3. The van der Waals surface area contributed by atoms with E-state index in [1.54, 1.807) is 18.3 Å². The normalized spacial score (nSPS) is 10.3. The average Bonchev–Trinajstić information content (AvgIpc) is 2.29. The molecule has 0 fully saturated rings. The molecule has 0 aliphatic rings. The van der Waals surface area contributed by atoms with Crippen LogP contribution in [0.4, 0.5) is 0 Å². The molecule has 0 radical (unpaired) electrons. The van der Waals surface area contributed by atoms with Crippen LogP contribution in [0.1, 0.15) is 11.1 Å². The van der Waals surface area contributed by atoms with E-state index in [1.165, 1.54) is 0 Å². The smallest absolute Gasteiger partial charge is 0.0991 e. The molecule has 1 rings (SSSR count). The lowest BCUT2D eigenvalue weighted by Gasteiger charge is -2.07. The molecule has 0 aliphatic heterocycles. The topological polar surface area (TPSA) is 47.8 Å². The SMILES string of the molecule is C=CN/C(=C\NC)c1ccc(C#N)cc1. The van der Waals surface area contributed by atoms with Crippen molar-refractivity contribution in [3.05, 3.63) is 54.4 Å². The van der Waals surface area contributed by atoms with E-state index in [0.29, 0.717) is 5.56 Å². The maximum atomic E-state index is 8.67. The standard InChI is InChI=1S/C12H13N3/c1-3-15-12(9-14-2)11-6-4-10(8-13)5-7-11/h3-7,9,14-15H,1H2,2H3/b12-9-. The third-order valence-electron chi connectivity index (χ3n) is 1.87. The summed E-state index contributed by atoms with van der Waals surface area (Å²) < 4.78 is 0. The van der Waals surface area contributed by atoms with Crippen LogP contribution in [-0.4, -0.2) is 7.05 Å². The Morgan fingerprint density at radius 3 is 2.53 bits per heavy atom. The highest BCUT2D eigenvalue weighted by atomic mass is 14.9. The number of benzene rings is 1. The lowest BCUT2D eigenvalue weighted by Crippen LogP contribution is -2.07. The maximum absolute atomic E-state index is 8.67. The zero-order valence-electron chi connectivity index (χ0n) is 8.62. The second-order valence-corrected chi connectivity index (χ2v) is 2.88. The van der Waals surface area contributed by atoms with Crippen molar-refractivity contribution in [2.24, 2.45) is 0 Å². The van der Waals surface area contributed by atoms with E-state index in [1.807, 2.05) is 25.4 Å². The first kappa shape index (κ1) is 10.9. The lowest BCUT2D eigenvalue weighted by molar-refractivity contribution is 1.08. The van der Waals surface area contributed by atoms with Gasteiger partial charge in [0.25, 0.3) is 0 Å². The predicted molar refractivity (Wildman–Crippen MR) is 61.5 cm³/mol. The predicted octanol–water partition coefficient (Wildman–Crippen LogP) is 1.81. The fraction of sp³-hybridized carbons (Fsp3) is 0.0833. The van der Waals surface area contributed by atoms with E-state index in [2.05, 4.69) is 23.3 Å². The first-order valence-electron chi connectivity index (χ1n) is 4.57. The summed E-state index contributed by atoms with van der Waals surface area (Å²) in [6, 6.07) is 9.42. The third kappa shape index (κ3) is 2.89. The van der Waals surface area contributed by atoms with Gasteiger partial charge >= 0.3 is 0 Å². The molecule has 0 amide bonds. The first-order chi connectivity index (χ1) is 7.31. The second-order valence-electron chi connectivity index (χ2n) is 2.88. The molecule has 2 N–H and O–H groups in total. The van der Waals surface area contributed by atoms with Gasteiger partial charge in [0.2, 0.25) is 0 Å². The molecule has 0 bridgehead atoms. The molecule has 76 valence electrons. The molecule has 0 spiro atoms. The van der Waals surface area contributed by atoms with E-state index in [4.69, 9.17) is 5.26 Å². The third-order valence-corrected chi connectivity index (χ3v) is 1.87. The molecular weight excluding hydrogens is 186 g/mol. The molecule has 0 atom stereocenters. The van der Waals surface area contributed by atoms with Crippen molar-refractivity contribution in [1.29, 1.82) is 5.26 Å². The van der Waals surface area contributed by atoms with Crippen molar-refractivity contribution in [1.82, 2.24) is 10.6 Å². The van der Waals surface area contributed by atoms with Crippen LogP contribution in [0.5, 0.6) is 0 Å². The van der Waals surface area contributed by atoms with Crippen LogP contribution < -0.4 is 10.6 Å². The fourth-order valence-corrected chi connectivity index (χ4v) is 1.19. The van der Waals surface area contributed by atoms with Crippen LogP contribution in [-0.2, 0) is 0 Å². The second kappa shape index (κ2) is 5.51. The number of nitriles is 1. The van der Waals surface area contributed by atoms with Gasteiger partial charge in [0.1, 0.15) is 0 Å². The highest BCUT2D eigenvalue weighted by Crippen LogP contribution is 2.11. The molecule has 0 unspecified atom stereocenters. The highest BCUT2D eigenvalue weighted by Gasteiger charge is 1.98. The summed E-state index contributed by atoms with van der Waals surface area (Å²) in [5.74, 6) is 0. The molecule has 1 aromatic carbocycles. The summed E-state index contributed by atoms with van der Waals surface area (Å²) in [4.78, 5) is 0. The minimum atomic E-state index is 0.654. The van der Waals surface area contributed by atoms with Crippen LogP contribution in [0.2, 0.25) is 0 Å². The fourth-order valence-electron chi connectivity index (χ4n) is 1.19. The van der Waals surface area contributed by atoms with Crippen molar-refractivity contribution >= 4 is 5.70 Å². The number of nitrogens with one attached hydrogen (secondary N) is 2. The number of hydrogen-bond donors (Lipinski definition) is 2. The summed E-state index contributed by atoms with van der Waals surface area (Å²) in [6.45, 7) is 3.61. The molecule has 0 aromatic heterocycles. The quantitative estimate of drug-likeness (QED) is 0.777. The summed E-state index contributed by atoms with van der Waals surface area (Å²) >= 11 is 0. The zero-order chi connectivity index (χ0) is 11.1. The Morgan fingerprint density at radius 1 is 1.40 bits per heavy atom. The first-order valence-corrected chi connectivity index (χ1v) is 4.57. The van der Waals surface area contributed by atoms with Gasteiger partial charge in [-0.1, -0.05) is 18.7 Å². The Hall–Kier alpha value is -2.21. The number of rotatable bonds is 4. The number of nitrogens with zero attached hydrogens (tertiary/aromatic N) is 1. The molecule has 0 saturated carbocycles. The summed E-state index contributed by atoms with van der Waals surface area (Å²) in [7, 11) is 1.83. The van der Waals surface area contributed by atoms with E-state index in [0.717, 1.165) is 11.3 Å². The van der Waals surface area contributed by atoms with Crippen molar-refractivity contribution in [3.63, 3.8) is 0 Å². The number of hydrogen-bond acceptors (Lipinski definition) is 3. The van der Waals surface area contributed by atoms with E-state index < -0.39 is 0 Å². The van der Waals surface area contributed by atoms with Crippen molar-refractivity contribution in [2.75, 3.05) is 7.05 Å². The minimum Gasteiger partial charge on any atom is -0.392 e. The molecule has 0 saturated heterocycles. The van der Waals surface area contributed by atoms with Gasteiger partial charge in [-0.25, -0.2) is 0 Å². The molecule has 15 heavy (non-hydrogen) atoms. The largest absolute Gasteiger partial charge is 0.392 e.